The number of rotatable bonds is 3. The fourth-order valence-electron chi connectivity index (χ4n) is 2.69. The minimum atomic E-state index is -0.410. The van der Waals surface area contributed by atoms with Gasteiger partial charge in [0.05, 0.1) is 15.1 Å². The fraction of sp³-hybridized carbons (Fsp3) is 0.429. The fourth-order valence-corrected chi connectivity index (χ4v) is 3.76. The zero-order valence-corrected chi connectivity index (χ0v) is 13.2. The van der Waals surface area contributed by atoms with Gasteiger partial charge >= 0.3 is 0 Å². The minimum Gasteiger partial charge on any atom is -0.347 e. The lowest BCUT2D eigenvalue weighted by Crippen LogP contribution is -2.42. The molecule has 0 radical (unpaired) electrons. The van der Waals surface area contributed by atoms with Crippen LogP contribution in [-0.2, 0) is 4.79 Å². The van der Waals surface area contributed by atoms with Gasteiger partial charge in [0.25, 0.3) is 5.69 Å². The lowest BCUT2D eigenvalue weighted by atomic mass is 10.2. The molecule has 1 aliphatic rings. The lowest BCUT2D eigenvalue weighted by Gasteiger charge is -2.25. The highest BCUT2D eigenvalue weighted by atomic mass is 32.1. The van der Waals surface area contributed by atoms with E-state index in [-0.39, 0.29) is 17.6 Å². The van der Waals surface area contributed by atoms with Crippen molar-refractivity contribution in [1.29, 1.82) is 0 Å². The zero-order chi connectivity index (χ0) is 15.9. The van der Waals surface area contributed by atoms with Gasteiger partial charge in [-0.25, -0.2) is 4.98 Å². The topological polar surface area (TPSA) is 79.6 Å². The summed E-state index contributed by atoms with van der Waals surface area (Å²) in [4.78, 5) is 30.9. The summed E-state index contributed by atoms with van der Waals surface area (Å²) in [6.07, 6.45) is 1.76. The predicted octanol–water partition coefficient (Wildman–Crippen LogP) is 2.26. The second-order valence-corrected chi connectivity index (χ2v) is 6.50. The van der Waals surface area contributed by atoms with Crippen molar-refractivity contribution in [2.24, 2.45) is 0 Å². The van der Waals surface area contributed by atoms with Crippen molar-refractivity contribution < 1.29 is 9.72 Å². The molecular weight excluding hydrogens is 304 g/mol. The molecule has 8 heteroatoms. The Morgan fingerprint density at radius 2 is 2.27 bits per heavy atom. The second kappa shape index (κ2) is 5.53. The molecule has 1 saturated heterocycles. The average Bonchev–Trinajstić information content (AvgIpc) is 3.11. The molecule has 0 spiro atoms. The van der Waals surface area contributed by atoms with Gasteiger partial charge in [0.2, 0.25) is 5.91 Å². The summed E-state index contributed by atoms with van der Waals surface area (Å²) in [6, 6.07) is 4.46. The van der Waals surface area contributed by atoms with E-state index in [1.807, 2.05) is 4.90 Å². The molecule has 7 nitrogen and oxygen atoms in total. The third kappa shape index (κ3) is 2.50. The molecule has 1 aromatic heterocycles. The van der Waals surface area contributed by atoms with Crippen molar-refractivity contribution in [2.75, 3.05) is 25.5 Å². The molecule has 0 saturated carbocycles. The van der Waals surface area contributed by atoms with Crippen LogP contribution in [0.15, 0.2) is 18.2 Å². The van der Waals surface area contributed by atoms with Crippen LogP contribution in [0.3, 0.4) is 0 Å². The first-order valence-corrected chi connectivity index (χ1v) is 7.82. The largest absolute Gasteiger partial charge is 0.347 e. The molecule has 1 aliphatic heterocycles. The first-order chi connectivity index (χ1) is 10.5. The maximum atomic E-state index is 12.3. The van der Waals surface area contributed by atoms with E-state index in [9.17, 15) is 14.9 Å². The second-order valence-electron chi connectivity index (χ2n) is 5.49. The Morgan fingerprint density at radius 3 is 2.95 bits per heavy atom. The Hall–Kier alpha value is -2.22. The van der Waals surface area contributed by atoms with Gasteiger partial charge in [-0.15, -0.1) is 0 Å². The Labute approximate surface area is 131 Å². The molecule has 0 bridgehead atoms. The van der Waals surface area contributed by atoms with Gasteiger partial charge in [-0.2, -0.15) is 0 Å². The van der Waals surface area contributed by atoms with Gasteiger partial charge in [0, 0.05) is 32.8 Å². The van der Waals surface area contributed by atoms with E-state index in [0.29, 0.717) is 0 Å². The summed E-state index contributed by atoms with van der Waals surface area (Å²) in [5.41, 5.74) is 0.790. The standard InChI is InChI=1S/C14H16N4O3S/c1-16(2)13(19)11-4-3-7-17(11)14-15-10-6-5-9(18(20)21)8-12(10)22-14/h5-6,8,11H,3-4,7H2,1-2H3/t11-/m1/s1. The number of nitrogens with zero attached hydrogens (tertiary/aromatic N) is 4. The Kier molecular flexibility index (Phi) is 3.69. The molecule has 0 unspecified atom stereocenters. The van der Waals surface area contributed by atoms with E-state index in [1.54, 1.807) is 25.1 Å². The number of carbonyl (C=O) groups is 1. The molecule has 22 heavy (non-hydrogen) atoms. The van der Waals surface area contributed by atoms with Crippen molar-refractivity contribution in [3.8, 4) is 0 Å². The molecule has 0 aliphatic carbocycles. The van der Waals surface area contributed by atoms with Gasteiger partial charge in [-0.3, -0.25) is 14.9 Å². The summed E-state index contributed by atoms with van der Waals surface area (Å²) in [7, 11) is 3.50. The number of hydrogen-bond acceptors (Lipinski definition) is 6. The highest BCUT2D eigenvalue weighted by Crippen LogP contribution is 2.35. The number of likely N-dealkylation sites (N-methyl/N-ethyl adjacent to an activating group) is 1. The number of aromatic nitrogens is 1. The van der Waals surface area contributed by atoms with Crippen LogP contribution in [0.4, 0.5) is 10.8 Å². The van der Waals surface area contributed by atoms with Crippen LogP contribution in [0.5, 0.6) is 0 Å². The number of thiazole rings is 1. The first-order valence-electron chi connectivity index (χ1n) is 7.00. The molecule has 116 valence electrons. The monoisotopic (exact) mass is 320 g/mol. The van der Waals surface area contributed by atoms with Crippen LogP contribution in [-0.4, -0.2) is 47.4 Å². The SMILES string of the molecule is CN(C)C(=O)[C@H]1CCCN1c1nc2ccc([N+](=O)[O-])cc2s1. The quantitative estimate of drug-likeness (QED) is 0.640. The van der Waals surface area contributed by atoms with Gasteiger partial charge in [0.1, 0.15) is 6.04 Å². The average molecular weight is 320 g/mol. The lowest BCUT2D eigenvalue weighted by molar-refractivity contribution is -0.384. The molecule has 0 N–H and O–H groups in total. The molecule has 2 aromatic rings. The van der Waals surface area contributed by atoms with Crippen LogP contribution in [0.25, 0.3) is 10.2 Å². The highest BCUT2D eigenvalue weighted by molar-refractivity contribution is 7.22. The zero-order valence-electron chi connectivity index (χ0n) is 12.4. The number of non-ortho nitro benzene ring substituents is 1. The van der Waals surface area contributed by atoms with E-state index >= 15 is 0 Å². The molecule has 1 atom stereocenters. The number of carbonyl (C=O) groups excluding carboxylic acids is 1. The van der Waals surface area contributed by atoms with Crippen LogP contribution in [0, 0.1) is 10.1 Å². The van der Waals surface area contributed by atoms with Crippen LogP contribution in [0.2, 0.25) is 0 Å². The molecule has 1 fully saturated rings. The molecule has 2 heterocycles. The van der Waals surface area contributed by atoms with Crippen molar-refractivity contribution >= 4 is 38.3 Å². The van der Waals surface area contributed by atoms with E-state index in [4.69, 9.17) is 0 Å². The van der Waals surface area contributed by atoms with Crippen LogP contribution >= 0.6 is 11.3 Å². The molecular formula is C14H16N4O3S. The van der Waals surface area contributed by atoms with E-state index < -0.39 is 4.92 Å². The third-order valence-electron chi connectivity index (χ3n) is 3.80. The number of fused-ring (bicyclic) bond motifs is 1. The number of nitro groups is 1. The number of nitro benzene ring substituents is 1. The maximum absolute atomic E-state index is 12.3. The van der Waals surface area contributed by atoms with Gasteiger partial charge in [-0.1, -0.05) is 11.3 Å². The summed E-state index contributed by atoms with van der Waals surface area (Å²) < 4.78 is 0.771. The Morgan fingerprint density at radius 1 is 1.50 bits per heavy atom. The van der Waals surface area contributed by atoms with Crippen LogP contribution < -0.4 is 4.90 Å². The minimum absolute atomic E-state index is 0.0602. The van der Waals surface area contributed by atoms with Crippen LogP contribution in [0.1, 0.15) is 12.8 Å². The summed E-state index contributed by atoms with van der Waals surface area (Å²) >= 11 is 1.40. The van der Waals surface area contributed by atoms with Crippen molar-refractivity contribution in [3.63, 3.8) is 0 Å². The van der Waals surface area contributed by atoms with Gasteiger partial charge in [-0.05, 0) is 18.9 Å². The van der Waals surface area contributed by atoms with Crippen molar-refractivity contribution in [1.82, 2.24) is 9.88 Å². The molecule has 1 amide bonds. The summed E-state index contributed by atoms with van der Waals surface area (Å²) in [5.74, 6) is 0.0720. The van der Waals surface area contributed by atoms with E-state index in [1.165, 1.54) is 23.5 Å². The first kappa shape index (κ1) is 14.7. The predicted molar refractivity (Wildman–Crippen MR) is 85.3 cm³/mol. The normalized spacial score (nSPS) is 17.9. The Bertz CT molecular complexity index is 743. The van der Waals surface area contributed by atoms with E-state index in [2.05, 4.69) is 4.98 Å². The van der Waals surface area contributed by atoms with Gasteiger partial charge < -0.3 is 9.80 Å². The summed E-state index contributed by atoms with van der Waals surface area (Å²) in [6.45, 7) is 0.784. The molecule has 3 rings (SSSR count). The number of hydrogen-bond donors (Lipinski definition) is 0. The number of anilines is 1. The van der Waals surface area contributed by atoms with Crippen molar-refractivity contribution in [3.05, 3.63) is 28.3 Å². The Balaban J connectivity index is 1.95. The summed E-state index contributed by atoms with van der Waals surface area (Å²) in [5, 5.41) is 11.6. The smallest absolute Gasteiger partial charge is 0.270 e. The molecule has 1 aromatic carbocycles. The number of amides is 1. The maximum Gasteiger partial charge on any atom is 0.270 e. The third-order valence-corrected chi connectivity index (χ3v) is 4.85. The number of benzene rings is 1. The van der Waals surface area contributed by atoms with Crippen molar-refractivity contribution in [2.45, 2.75) is 18.9 Å². The van der Waals surface area contributed by atoms with Gasteiger partial charge in [0.15, 0.2) is 5.13 Å². The van der Waals surface area contributed by atoms with E-state index in [0.717, 1.165) is 34.7 Å². The highest BCUT2D eigenvalue weighted by Gasteiger charge is 2.33.